The van der Waals surface area contributed by atoms with Gasteiger partial charge in [0, 0.05) is 5.92 Å². The summed E-state index contributed by atoms with van der Waals surface area (Å²) in [5.41, 5.74) is 0.518. The summed E-state index contributed by atoms with van der Waals surface area (Å²) in [5, 5.41) is 0. The zero-order valence-electron chi connectivity index (χ0n) is 9.00. The van der Waals surface area contributed by atoms with Crippen LogP contribution >= 0.6 is 0 Å². The average Bonchev–Trinajstić information content (AvgIpc) is 2.71. The van der Waals surface area contributed by atoms with Gasteiger partial charge in [-0.05, 0) is 43.4 Å². The van der Waals surface area contributed by atoms with Crippen LogP contribution in [0.3, 0.4) is 0 Å². The molecule has 0 radical (unpaired) electrons. The first kappa shape index (κ1) is 9.17. The molecule has 14 heavy (non-hydrogen) atoms. The molecule has 0 aromatic carbocycles. The summed E-state index contributed by atoms with van der Waals surface area (Å²) in [6.45, 7) is 4.06. The van der Waals surface area contributed by atoms with Crippen molar-refractivity contribution >= 4 is 0 Å². The normalized spacial score (nSPS) is 48.6. The van der Waals surface area contributed by atoms with E-state index in [1.807, 2.05) is 0 Å². The van der Waals surface area contributed by atoms with E-state index in [-0.39, 0.29) is 6.29 Å². The lowest BCUT2D eigenvalue weighted by Crippen LogP contribution is -2.45. The van der Waals surface area contributed by atoms with Gasteiger partial charge in [0.25, 0.3) is 0 Å². The van der Waals surface area contributed by atoms with Crippen LogP contribution in [0.4, 0.5) is 0 Å². The highest BCUT2D eigenvalue weighted by atomic mass is 16.7. The summed E-state index contributed by atoms with van der Waals surface area (Å²) in [5.74, 6) is 1.65. The van der Waals surface area contributed by atoms with Crippen LogP contribution in [0.25, 0.3) is 0 Å². The van der Waals surface area contributed by atoms with Gasteiger partial charge in [-0.15, -0.1) is 0 Å². The van der Waals surface area contributed by atoms with Gasteiger partial charge in [0.05, 0.1) is 13.2 Å². The van der Waals surface area contributed by atoms with Gasteiger partial charge >= 0.3 is 0 Å². The smallest absolute Gasteiger partial charge is 0.161 e. The SMILES string of the molecule is CC12CCC(CC1)CC2C1OCCO1. The Kier molecular flexibility index (Phi) is 2.10. The molecule has 1 saturated heterocycles. The fourth-order valence-corrected chi connectivity index (χ4v) is 3.64. The van der Waals surface area contributed by atoms with Crippen molar-refractivity contribution in [1.82, 2.24) is 0 Å². The predicted octanol–water partition coefficient (Wildman–Crippen LogP) is 2.58. The van der Waals surface area contributed by atoms with E-state index in [1.165, 1.54) is 32.1 Å². The quantitative estimate of drug-likeness (QED) is 0.641. The van der Waals surface area contributed by atoms with Gasteiger partial charge in [-0.3, -0.25) is 0 Å². The second-order valence-corrected chi connectivity index (χ2v) is 5.55. The largest absolute Gasteiger partial charge is 0.350 e. The Labute approximate surface area is 86.0 Å². The highest BCUT2D eigenvalue weighted by molar-refractivity contribution is 4.96. The maximum absolute atomic E-state index is 5.69. The molecule has 1 atom stereocenters. The molecule has 80 valence electrons. The van der Waals surface area contributed by atoms with Gasteiger partial charge in [-0.1, -0.05) is 6.92 Å². The molecule has 1 unspecified atom stereocenters. The molecule has 4 aliphatic rings. The second-order valence-electron chi connectivity index (χ2n) is 5.55. The molecular formula is C12H20O2. The minimum absolute atomic E-state index is 0.128. The third-order valence-corrected chi connectivity index (χ3v) is 4.71. The molecule has 2 heteroatoms. The molecule has 2 nitrogen and oxygen atoms in total. The fraction of sp³-hybridized carbons (Fsp3) is 1.00. The van der Waals surface area contributed by atoms with Gasteiger partial charge in [-0.25, -0.2) is 0 Å². The van der Waals surface area contributed by atoms with E-state index in [0.717, 1.165) is 19.1 Å². The number of fused-ring (bicyclic) bond motifs is 3. The van der Waals surface area contributed by atoms with E-state index >= 15 is 0 Å². The molecule has 2 bridgehead atoms. The standard InChI is InChI=1S/C12H20O2/c1-12-4-2-9(3-5-12)8-10(12)11-13-6-7-14-11/h9-11H,2-8H2,1H3. The Balaban J connectivity index is 1.78. The number of rotatable bonds is 1. The zero-order valence-corrected chi connectivity index (χ0v) is 9.00. The Hall–Kier alpha value is -0.0800. The maximum Gasteiger partial charge on any atom is 0.161 e. The number of hydrogen-bond acceptors (Lipinski definition) is 2. The van der Waals surface area contributed by atoms with E-state index in [1.54, 1.807) is 0 Å². The van der Waals surface area contributed by atoms with Crippen molar-refractivity contribution in [3.63, 3.8) is 0 Å². The van der Waals surface area contributed by atoms with Crippen molar-refractivity contribution in [3.05, 3.63) is 0 Å². The Bertz CT molecular complexity index is 212. The lowest BCUT2D eigenvalue weighted by Gasteiger charge is -2.51. The lowest BCUT2D eigenvalue weighted by molar-refractivity contribution is -0.156. The first-order valence-electron chi connectivity index (χ1n) is 6.01. The molecule has 3 saturated carbocycles. The summed E-state index contributed by atoms with van der Waals surface area (Å²) in [6.07, 6.45) is 7.15. The molecule has 4 rings (SSSR count). The van der Waals surface area contributed by atoms with Crippen LogP contribution in [0.15, 0.2) is 0 Å². The van der Waals surface area contributed by atoms with Crippen LogP contribution in [-0.2, 0) is 9.47 Å². The highest BCUT2D eigenvalue weighted by Crippen LogP contribution is 2.55. The molecule has 0 amide bonds. The van der Waals surface area contributed by atoms with Crippen LogP contribution < -0.4 is 0 Å². The van der Waals surface area contributed by atoms with Crippen LogP contribution in [0, 0.1) is 17.3 Å². The first-order chi connectivity index (χ1) is 6.78. The van der Waals surface area contributed by atoms with Crippen LogP contribution in [0.1, 0.15) is 39.0 Å². The first-order valence-corrected chi connectivity index (χ1v) is 6.01. The van der Waals surface area contributed by atoms with Crippen LogP contribution in [0.5, 0.6) is 0 Å². The van der Waals surface area contributed by atoms with Gasteiger partial charge in [-0.2, -0.15) is 0 Å². The van der Waals surface area contributed by atoms with Crippen LogP contribution in [0.2, 0.25) is 0 Å². The van der Waals surface area contributed by atoms with E-state index in [2.05, 4.69) is 6.92 Å². The Morgan fingerprint density at radius 2 is 1.71 bits per heavy atom. The Morgan fingerprint density at radius 3 is 2.29 bits per heavy atom. The second kappa shape index (κ2) is 3.21. The number of hydrogen-bond donors (Lipinski definition) is 0. The van der Waals surface area contributed by atoms with Gasteiger partial charge < -0.3 is 9.47 Å². The minimum Gasteiger partial charge on any atom is -0.350 e. The third kappa shape index (κ3) is 1.31. The van der Waals surface area contributed by atoms with E-state index in [9.17, 15) is 0 Å². The van der Waals surface area contributed by atoms with Crippen LogP contribution in [-0.4, -0.2) is 19.5 Å². The summed E-state index contributed by atoms with van der Waals surface area (Å²) in [4.78, 5) is 0. The molecule has 1 aliphatic heterocycles. The van der Waals surface area contributed by atoms with Crippen molar-refractivity contribution in [2.75, 3.05) is 13.2 Å². The Morgan fingerprint density at radius 1 is 1.07 bits per heavy atom. The number of ether oxygens (including phenoxy) is 2. The minimum atomic E-state index is 0.128. The maximum atomic E-state index is 5.69. The van der Waals surface area contributed by atoms with E-state index in [4.69, 9.17) is 9.47 Å². The molecular weight excluding hydrogens is 176 g/mol. The summed E-state index contributed by atoms with van der Waals surface area (Å²) >= 11 is 0. The molecule has 0 spiro atoms. The molecule has 0 N–H and O–H groups in total. The van der Waals surface area contributed by atoms with Gasteiger partial charge in [0.2, 0.25) is 0 Å². The van der Waals surface area contributed by atoms with Gasteiger partial charge in [0.1, 0.15) is 0 Å². The topological polar surface area (TPSA) is 18.5 Å². The zero-order chi connectivity index (χ0) is 9.60. The van der Waals surface area contributed by atoms with Crippen molar-refractivity contribution in [2.45, 2.75) is 45.3 Å². The average molecular weight is 196 g/mol. The van der Waals surface area contributed by atoms with Gasteiger partial charge in [0.15, 0.2) is 6.29 Å². The fourth-order valence-electron chi connectivity index (χ4n) is 3.64. The van der Waals surface area contributed by atoms with Crippen molar-refractivity contribution in [1.29, 1.82) is 0 Å². The molecule has 0 aromatic heterocycles. The van der Waals surface area contributed by atoms with E-state index in [0.29, 0.717) is 11.3 Å². The summed E-state index contributed by atoms with van der Waals surface area (Å²) < 4.78 is 11.4. The summed E-state index contributed by atoms with van der Waals surface area (Å²) in [6, 6.07) is 0. The van der Waals surface area contributed by atoms with Crippen molar-refractivity contribution < 1.29 is 9.47 Å². The monoisotopic (exact) mass is 196 g/mol. The molecule has 4 fully saturated rings. The lowest BCUT2D eigenvalue weighted by atomic mass is 9.56. The molecule has 0 aromatic rings. The van der Waals surface area contributed by atoms with Crippen molar-refractivity contribution in [2.24, 2.45) is 17.3 Å². The van der Waals surface area contributed by atoms with Crippen molar-refractivity contribution in [3.8, 4) is 0 Å². The van der Waals surface area contributed by atoms with E-state index < -0.39 is 0 Å². The predicted molar refractivity (Wildman–Crippen MR) is 53.9 cm³/mol. The highest BCUT2D eigenvalue weighted by Gasteiger charge is 2.49. The molecule has 3 aliphatic carbocycles. The molecule has 1 heterocycles. The summed E-state index contributed by atoms with van der Waals surface area (Å²) in [7, 11) is 0. The third-order valence-electron chi connectivity index (χ3n) is 4.71.